The monoisotopic (exact) mass is 406 g/mol. The molecule has 1 aliphatic rings. The van der Waals surface area contributed by atoms with E-state index < -0.39 is 5.60 Å². The van der Waals surface area contributed by atoms with Crippen molar-refractivity contribution in [3.63, 3.8) is 0 Å². The van der Waals surface area contributed by atoms with Gasteiger partial charge in [0.2, 0.25) is 0 Å². The van der Waals surface area contributed by atoms with Gasteiger partial charge >= 0.3 is 0 Å². The van der Waals surface area contributed by atoms with Crippen LogP contribution in [0.25, 0.3) is 10.6 Å². The number of hydrogen-bond donors (Lipinski definition) is 1. The van der Waals surface area contributed by atoms with Crippen LogP contribution in [-0.2, 0) is 6.54 Å². The quantitative estimate of drug-likeness (QED) is 0.676. The zero-order chi connectivity index (χ0) is 20.6. The molecule has 5 nitrogen and oxygen atoms in total. The SMILES string of the molecule is Cc1ccccc1-c1nc(CNC(=O)c2ccc3c(c2)C(=O)CC(C)(C)O3)cs1. The van der Waals surface area contributed by atoms with E-state index in [0.29, 0.717) is 29.8 Å². The average molecular weight is 407 g/mol. The third-order valence-corrected chi connectivity index (χ3v) is 5.80. The van der Waals surface area contributed by atoms with E-state index in [4.69, 9.17) is 4.74 Å². The Labute approximate surface area is 173 Å². The predicted octanol–water partition coefficient (Wildman–Crippen LogP) is 4.79. The average Bonchev–Trinajstić information content (AvgIpc) is 3.14. The molecule has 0 saturated heterocycles. The van der Waals surface area contributed by atoms with Crippen LogP contribution >= 0.6 is 11.3 Å². The van der Waals surface area contributed by atoms with Crippen molar-refractivity contribution in [3.05, 3.63) is 70.2 Å². The van der Waals surface area contributed by atoms with Crippen molar-refractivity contribution in [1.29, 1.82) is 0 Å². The van der Waals surface area contributed by atoms with Crippen molar-refractivity contribution in [2.45, 2.75) is 39.3 Å². The molecule has 0 unspecified atom stereocenters. The number of Topliss-reactive ketones (excluding diaryl/α,β-unsaturated/α-hetero) is 1. The van der Waals surface area contributed by atoms with Gasteiger partial charge in [-0.3, -0.25) is 9.59 Å². The van der Waals surface area contributed by atoms with Gasteiger partial charge in [-0.2, -0.15) is 0 Å². The molecule has 4 rings (SSSR count). The Morgan fingerprint density at radius 3 is 2.79 bits per heavy atom. The minimum atomic E-state index is -0.521. The first-order valence-corrected chi connectivity index (χ1v) is 10.4. The number of amides is 1. The van der Waals surface area contributed by atoms with Gasteiger partial charge in [-0.15, -0.1) is 11.3 Å². The van der Waals surface area contributed by atoms with Gasteiger partial charge in [0.1, 0.15) is 16.4 Å². The number of carbonyl (C=O) groups is 2. The molecule has 0 atom stereocenters. The fraction of sp³-hybridized carbons (Fsp3) is 0.261. The molecule has 1 aliphatic heterocycles. The van der Waals surface area contributed by atoms with E-state index >= 15 is 0 Å². The van der Waals surface area contributed by atoms with Crippen LogP contribution in [0.1, 0.15) is 52.2 Å². The summed E-state index contributed by atoms with van der Waals surface area (Å²) in [5.74, 6) is 0.286. The molecular weight excluding hydrogens is 384 g/mol. The highest BCUT2D eigenvalue weighted by molar-refractivity contribution is 7.13. The van der Waals surface area contributed by atoms with Crippen LogP contribution in [0.15, 0.2) is 47.8 Å². The van der Waals surface area contributed by atoms with Crippen LogP contribution in [-0.4, -0.2) is 22.3 Å². The molecule has 0 fully saturated rings. The van der Waals surface area contributed by atoms with Crippen molar-refractivity contribution < 1.29 is 14.3 Å². The zero-order valence-electron chi connectivity index (χ0n) is 16.6. The molecule has 1 aromatic heterocycles. The smallest absolute Gasteiger partial charge is 0.251 e. The molecule has 0 spiro atoms. The molecule has 3 aromatic rings. The second-order valence-corrected chi connectivity index (χ2v) is 8.67. The summed E-state index contributed by atoms with van der Waals surface area (Å²) >= 11 is 1.56. The zero-order valence-corrected chi connectivity index (χ0v) is 17.4. The normalized spacial score (nSPS) is 14.8. The molecule has 29 heavy (non-hydrogen) atoms. The molecule has 148 valence electrons. The van der Waals surface area contributed by atoms with E-state index in [9.17, 15) is 9.59 Å². The van der Waals surface area contributed by atoms with E-state index in [1.807, 2.05) is 37.4 Å². The summed E-state index contributed by atoms with van der Waals surface area (Å²) in [5, 5.41) is 5.77. The second kappa shape index (κ2) is 7.44. The topological polar surface area (TPSA) is 68.3 Å². The van der Waals surface area contributed by atoms with Crippen molar-refractivity contribution in [1.82, 2.24) is 10.3 Å². The first-order chi connectivity index (χ1) is 13.8. The van der Waals surface area contributed by atoms with E-state index in [1.54, 1.807) is 29.5 Å². The fourth-order valence-corrected chi connectivity index (χ4v) is 4.30. The lowest BCUT2D eigenvalue weighted by molar-refractivity contribution is 0.0620. The number of aryl methyl sites for hydroxylation is 1. The van der Waals surface area contributed by atoms with E-state index in [0.717, 1.165) is 16.3 Å². The number of ketones is 1. The third kappa shape index (κ3) is 4.07. The standard InChI is InChI=1S/C23H22N2O3S/c1-14-6-4-5-7-17(14)22-25-16(13-29-22)12-24-21(27)15-8-9-20-18(10-15)19(26)11-23(2,3)28-20/h4-10,13H,11-12H2,1-3H3,(H,24,27). The summed E-state index contributed by atoms with van der Waals surface area (Å²) in [6.07, 6.45) is 0.297. The number of carbonyl (C=O) groups excluding carboxylic acids is 2. The Morgan fingerprint density at radius 2 is 2.00 bits per heavy atom. The van der Waals surface area contributed by atoms with Gasteiger partial charge < -0.3 is 10.1 Å². The van der Waals surface area contributed by atoms with Crippen molar-refractivity contribution in [3.8, 4) is 16.3 Å². The van der Waals surface area contributed by atoms with Gasteiger partial charge in [0.15, 0.2) is 5.78 Å². The van der Waals surface area contributed by atoms with Crippen LogP contribution < -0.4 is 10.1 Å². The van der Waals surface area contributed by atoms with Crippen LogP contribution in [0.4, 0.5) is 0 Å². The predicted molar refractivity (Wildman–Crippen MR) is 114 cm³/mol. The molecule has 0 aliphatic carbocycles. The number of benzene rings is 2. The highest BCUT2D eigenvalue weighted by atomic mass is 32.1. The number of rotatable bonds is 4. The minimum Gasteiger partial charge on any atom is -0.487 e. The summed E-state index contributed by atoms with van der Waals surface area (Å²) in [7, 11) is 0. The van der Waals surface area contributed by atoms with Crippen LogP contribution in [0.2, 0.25) is 0 Å². The number of thiazole rings is 1. The van der Waals surface area contributed by atoms with Gasteiger partial charge in [0.05, 0.1) is 24.2 Å². The first kappa shape index (κ1) is 19.3. The maximum Gasteiger partial charge on any atom is 0.251 e. The van der Waals surface area contributed by atoms with Crippen molar-refractivity contribution >= 4 is 23.0 Å². The summed E-state index contributed by atoms with van der Waals surface area (Å²) < 4.78 is 5.85. The lowest BCUT2D eigenvalue weighted by Crippen LogP contribution is -2.36. The molecule has 1 amide bonds. The number of nitrogens with zero attached hydrogens (tertiary/aromatic N) is 1. The number of hydrogen-bond acceptors (Lipinski definition) is 5. The van der Waals surface area contributed by atoms with Crippen molar-refractivity contribution in [2.24, 2.45) is 0 Å². The molecule has 2 aromatic carbocycles. The van der Waals surface area contributed by atoms with Gasteiger partial charge in [-0.05, 0) is 44.5 Å². The van der Waals surface area contributed by atoms with Gasteiger partial charge in [0.25, 0.3) is 5.91 Å². The lowest BCUT2D eigenvalue weighted by atomic mass is 9.92. The molecular formula is C23H22N2O3S. The highest BCUT2D eigenvalue weighted by Crippen LogP contribution is 2.33. The minimum absolute atomic E-state index is 0.00623. The number of fused-ring (bicyclic) bond motifs is 1. The largest absolute Gasteiger partial charge is 0.487 e. The number of ether oxygens (including phenoxy) is 1. The Balaban J connectivity index is 1.45. The number of nitrogens with one attached hydrogen (secondary N) is 1. The third-order valence-electron chi connectivity index (χ3n) is 4.87. The first-order valence-electron chi connectivity index (χ1n) is 9.47. The van der Waals surface area contributed by atoms with Gasteiger partial charge in [0, 0.05) is 16.5 Å². The van der Waals surface area contributed by atoms with Crippen LogP contribution in [0.3, 0.4) is 0 Å². The van der Waals surface area contributed by atoms with Crippen molar-refractivity contribution in [2.75, 3.05) is 0 Å². The lowest BCUT2D eigenvalue weighted by Gasteiger charge is -2.31. The fourth-order valence-electron chi connectivity index (χ4n) is 3.39. The Hall–Kier alpha value is -2.99. The highest BCUT2D eigenvalue weighted by Gasteiger charge is 2.32. The van der Waals surface area contributed by atoms with Gasteiger partial charge in [-0.25, -0.2) is 4.98 Å². The Kier molecular flexibility index (Phi) is 4.96. The molecule has 0 bridgehead atoms. The number of aromatic nitrogens is 1. The Bertz CT molecular complexity index is 1100. The summed E-state index contributed by atoms with van der Waals surface area (Å²) in [4.78, 5) is 29.6. The molecule has 1 N–H and O–H groups in total. The Morgan fingerprint density at radius 1 is 1.21 bits per heavy atom. The molecule has 0 saturated carbocycles. The molecule has 6 heteroatoms. The molecule has 0 radical (unpaired) electrons. The van der Waals surface area contributed by atoms with E-state index in [1.165, 1.54) is 5.56 Å². The van der Waals surface area contributed by atoms with Crippen LogP contribution in [0.5, 0.6) is 5.75 Å². The summed E-state index contributed by atoms with van der Waals surface area (Å²) in [6.45, 7) is 6.15. The van der Waals surface area contributed by atoms with Gasteiger partial charge in [-0.1, -0.05) is 24.3 Å². The van der Waals surface area contributed by atoms with Crippen LogP contribution in [0, 0.1) is 6.92 Å². The second-order valence-electron chi connectivity index (χ2n) is 7.81. The summed E-state index contributed by atoms with van der Waals surface area (Å²) in [6, 6.07) is 13.1. The molecule has 2 heterocycles. The maximum absolute atomic E-state index is 12.6. The summed E-state index contributed by atoms with van der Waals surface area (Å²) in [5.41, 5.74) is 3.46. The van der Waals surface area contributed by atoms with E-state index in [-0.39, 0.29) is 11.7 Å². The maximum atomic E-state index is 12.6. The van der Waals surface area contributed by atoms with E-state index in [2.05, 4.69) is 23.3 Å².